The van der Waals surface area contributed by atoms with Crippen LogP contribution in [0.3, 0.4) is 0 Å². The normalized spacial score (nSPS) is 10.4. The SMILES string of the molecule is CCOC(=O)c1cc(C(=O)OCC)c2cc[nH]c2c1. The summed E-state index contributed by atoms with van der Waals surface area (Å²) in [7, 11) is 0. The van der Waals surface area contributed by atoms with Crippen molar-refractivity contribution in [1.82, 2.24) is 4.98 Å². The van der Waals surface area contributed by atoms with Gasteiger partial charge in [0.15, 0.2) is 0 Å². The molecule has 0 atom stereocenters. The number of esters is 2. The molecule has 5 nitrogen and oxygen atoms in total. The van der Waals surface area contributed by atoms with E-state index in [0.717, 1.165) is 5.39 Å². The minimum Gasteiger partial charge on any atom is -0.462 e. The molecule has 100 valence electrons. The van der Waals surface area contributed by atoms with Crippen LogP contribution in [-0.2, 0) is 9.47 Å². The van der Waals surface area contributed by atoms with Crippen molar-refractivity contribution < 1.29 is 19.1 Å². The average molecular weight is 261 g/mol. The molecule has 0 spiro atoms. The molecule has 0 bridgehead atoms. The van der Waals surface area contributed by atoms with Crippen molar-refractivity contribution in [2.24, 2.45) is 0 Å². The van der Waals surface area contributed by atoms with Gasteiger partial charge in [-0.15, -0.1) is 0 Å². The Balaban J connectivity index is 2.51. The summed E-state index contributed by atoms with van der Waals surface area (Å²) in [5.41, 5.74) is 1.40. The maximum absolute atomic E-state index is 11.9. The van der Waals surface area contributed by atoms with Gasteiger partial charge in [-0.3, -0.25) is 0 Å². The third-order valence-electron chi connectivity index (χ3n) is 2.68. The number of hydrogen-bond donors (Lipinski definition) is 1. The van der Waals surface area contributed by atoms with E-state index in [2.05, 4.69) is 4.98 Å². The van der Waals surface area contributed by atoms with Crippen molar-refractivity contribution in [2.45, 2.75) is 13.8 Å². The van der Waals surface area contributed by atoms with Crippen LogP contribution in [0.1, 0.15) is 34.6 Å². The maximum Gasteiger partial charge on any atom is 0.338 e. The predicted molar refractivity (Wildman–Crippen MR) is 70.2 cm³/mol. The van der Waals surface area contributed by atoms with Gasteiger partial charge in [0.2, 0.25) is 0 Å². The van der Waals surface area contributed by atoms with Crippen LogP contribution in [0.2, 0.25) is 0 Å². The van der Waals surface area contributed by atoms with Crippen LogP contribution < -0.4 is 0 Å². The van der Waals surface area contributed by atoms with E-state index in [1.807, 2.05) is 0 Å². The van der Waals surface area contributed by atoms with E-state index in [4.69, 9.17) is 9.47 Å². The molecule has 0 amide bonds. The van der Waals surface area contributed by atoms with Gasteiger partial charge in [-0.05, 0) is 32.0 Å². The minimum absolute atomic E-state index is 0.286. The number of benzene rings is 1. The van der Waals surface area contributed by atoms with Crippen molar-refractivity contribution in [3.05, 3.63) is 35.5 Å². The zero-order valence-electron chi connectivity index (χ0n) is 10.9. The zero-order valence-corrected chi connectivity index (χ0v) is 10.9. The summed E-state index contributed by atoms with van der Waals surface area (Å²) in [6, 6.07) is 4.94. The molecule has 0 saturated carbocycles. The van der Waals surface area contributed by atoms with Crippen molar-refractivity contribution in [2.75, 3.05) is 13.2 Å². The predicted octanol–water partition coefficient (Wildman–Crippen LogP) is 2.52. The maximum atomic E-state index is 11.9. The molecular weight excluding hydrogens is 246 g/mol. The van der Waals surface area contributed by atoms with Crippen molar-refractivity contribution in [3.63, 3.8) is 0 Å². The number of hydrogen-bond acceptors (Lipinski definition) is 4. The molecular formula is C14H15NO4. The van der Waals surface area contributed by atoms with E-state index in [0.29, 0.717) is 16.6 Å². The molecule has 1 heterocycles. The Bertz CT molecular complexity index is 615. The average Bonchev–Trinajstić information content (AvgIpc) is 2.86. The second-order valence-electron chi connectivity index (χ2n) is 3.90. The molecule has 0 unspecified atom stereocenters. The molecule has 1 N–H and O–H groups in total. The highest BCUT2D eigenvalue weighted by Crippen LogP contribution is 2.21. The van der Waals surface area contributed by atoms with Crippen LogP contribution in [-0.4, -0.2) is 30.1 Å². The number of aromatic amines is 1. The van der Waals surface area contributed by atoms with Gasteiger partial charge in [-0.1, -0.05) is 0 Å². The van der Waals surface area contributed by atoms with Gasteiger partial charge in [0.1, 0.15) is 0 Å². The molecule has 0 radical (unpaired) electrons. The first-order chi connectivity index (χ1) is 9.17. The number of fused-ring (bicyclic) bond motifs is 1. The fourth-order valence-electron chi connectivity index (χ4n) is 1.88. The number of carbonyl (C=O) groups is 2. The largest absolute Gasteiger partial charge is 0.462 e. The second kappa shape index (κ2) is 5.56. The highest BCUT2D eigenvalue weighted by atomic mass is 16.5. The smallest absolute Gasteiger partial charge is 0.338 e. The van der Waals surface area contributed by atoms with E-state index >= 15 is 0 Å². The van der Waals surface area contributed by atoms with Gasteiger partial charge in [0.05, 0.1) is 24.3 Å². The van der Waals surface area contributed by atoms with Crippen LogP contribution in [0.25, 0.3) is 10.9 Å². The quantitative estimate of drug-likeness (QED) is 0.859. The Morgan fingerprint density at radius 2 is 1.79 bits per heavy atom. The Labute approximate surface area is 110 Å². The van der Waals surface area contributed by atoms with Gasteiger partial charge < -0.3 is 14.5 Å². The summed E-state index contributed by atoms with van der Waals surface area (Å²) in [5, 5.41) is 0.728. The third kappa shape index (κ3) is 2.59. The van der Waals surface area contributed by atoms with E-state index in [1.54, 1.807) is 32.2 Å². The van der Waals surface area contributed by atoms with Crippen molar-refractivity contribution in [1.29, 1.82) is 0 Å². The molecule has 2 aromatic rings. The van der Waals surface area contributed by atoms with Gasteiger partial charge in [-0.2, -0.15) is 0 Å². The van der Waals surface area contributed by atoms with E-state index in [9.17, 15) is 9.59 Å². The number of aromatic nitrogens is 1. The van der Waals surface area contributed by atoms with E-state index in [-0.39, 0.29) is 13.2 Å². The summed E-state index contributed by atoms with van der Waals surface area (Å²) >= 11 is 0. The lowest BCUT2D eigenvalue weighted by atomic mass is 10.1. The number of nitrogens with one attached hydrogen (secondary N) is 1. The van der Waals surface area contributed by atoms with Crippen LogP contribution in [0.15, 0.2) is 24.4 Å². The Hall–Kier alpha value is -2.30. The Morgan fingerprint density at radius 3 is 2.47 bits per heavy atom. The summed E-state index contributed by atoms with van der Waals surface area (Å²) in [5.74, 6) is -0.900. The summed E-state index contributed by atoms with van der Waals surface area (Å²) < 4.78 is 9.94. The van der Waals surface area contributed by atoms with Crippen molar-refractivity contribution >= 4 is 22.8 Å². The standard InChI is InChI=1S/C14H15NO4/c1-3-18-13(16)9-7-11(14(17)19-4-2)10-5-6-15-12(10)8-9/h5-8,15H,3-4H2,1-2H3. The lowest BCUT2D eigenvalue weighted by Gasteiger charge is -2.07. The number of carbonyl (C=O) groups excluding carboxylic acids is 2. The first-order valence-electron chi connectivity index (χ1n) is 6.12. The first-order valence-corrected chi connectivity index (χ1v) is 6.12. The fraction of sp³-hybridized carbons (Fsp3) is 0.286. The molecule has 0 fully saturated rings. The molecule has 19 heavy (non-hydrogen) atoms. The minimum atomic E-state index is -0.454. The van der Waals surface area contributed by atoms with Gasteiger partial charge in [0.25, 0.3) is 0 Å². The fourth-order valence-corrected chi connectivity index (χ4v) is 1.88. The Morgan fingerprint density at radius 1 is 1.11 bits per heavy atom. The molecule has 5 heteroatoms. The van der Waals surface area contributed by atoms with Crippen LogP contribution in [0, 0.1) is 0 Å². The number of H-pyrrole nitrogens is 1. The van der Waals surface area contributed by atoms with Crippen LogP contribution in [0.5, 0.6) is 0 Å². The first kappa shape index (κ1) is 13.1. The van der Waals surface area contributed by atoms with Crippen molar-refractivity contribution in [3.8, 4) is 0 Å². The van der Waals surface area contributed by atoms with Gasteiger partial charge >= 0.3 is 11.9 Å². The molecule has 0 aliphatic heterocycles. The Kier molecular flexibility index (Phi) is 3.85. The molecule has 0 aliphatic rings. The van der Waals surface area contributed by atoms with Gasteiger partial charge in [-0.25, -0.2) is 9.59 Å². The number of ether oxygens (including phenoxy) is 2. The number of rotatable bonds is 4. The molecule has 2 rings (SSSR count). The monoisotopic (exact) mass is 261 g/mol. The molecule has 0 aliphatic carbocycles. The molecule has 0 saturated heterocycles. The highest BCUT2D eigenvalue weighted by Gasteiger charge is 2.17. The summed E-state index contributed by atoms with van der Waals surface area (Å²) in [6.45, 7) is 4.05. The topological polar surface area (TPSA) is 68.4 Å². The lowest BCUT2D eigenvalue weighted by molar-refractivity contribution is 0.0526. The van der Waals surface area contributed by atoms with Crippen LogP contribution in [0.4, 0.5) is 0 Å². The van der Waals surface area contributed by atoms with Gasteiger partial charge in [0, 0.05) is 17.1 Å². The molecule has 1 aromatic carbocycles. The third-order valence-corrected chi connectivity index (χ3v) is 2.68. The van der Waals surface area contributed by atoms with E-state index < -0.39 is 11.9 Å². The molecule has 1 aromatic heterocycles. The second-order valence-corrected chi connectivity index (χ2v) is 3.90. The summed E-state index contributed by atoms with van der Waals surface area (Å²) in [4.78, 5) is 26.6. The highest BCUT2D eigenvalue weighted by molar-refractivity contribution is 6.07. The zero-order chi connectivity index (χ0) is 13.8. The summed E-state index contributed by atoms with van der Waals surface area (Å²) in [6.07, 6.45) is 1.71. The van der Waals surface area contributed by atoms with E-state index in [1.165, 1.54) is 6.07 Å². The lowest BCUT2D eigenvalue weighted by Crippen LogP contribution is -2.09. The van der Waals surface area contributed by atoms with Crippen LogP contribution >= 0.6 is 0 Å².